The number of carbonyl (C=O) groups excluding carboxylic acids is 1. The lowest BCUT2D eigenvalue weighted by atomic mass is 10.1. The van der Waals surface area contributed by atoms with Gasteiger partial charge in [-0.2, -0.15) is 5.10 Å². The standard InChI is InChI=1S/C21H32N6O/c1-5-22-21(24-10-7-13-27-18(4)15-17(3)26-27)25-12-11-23-20(28)19-9-6-8-16(2)14-19/h6,8-9,14-15H,5,7,10-13H2,1-4H3,(H,23,28)(H2,22,24,25). The van der Waals surface area contributed by atoms with Gasteiger partial charge in [0.1, 0.15) is 0 Å². The van der Waals surface area contributed by atoms with E-state index in [-0.39, 0.29) is 5.91 Å². The van der Waals surface area contributed by atoms with Crippen molar-refractivity contribution >= 4 is 11.9 Å². The molecule has 3 N–H and O–H groups in total. The van der Waals surface area contributed by atoms with Gasteiger partial charge >= 0.3 is 0 Å². The molecule has 0 bridgehead atoms. The van der Waals surface area contributed by atoms with Crippen molar-refractivity contribution in [1.29, 1.82) is 0 Å². The molecule has 28 heavy (non-hydrogen) atoms. The normalized spacial score (nSPS) is 11.4. The quantitative estimate of drug-likeness (QED) is 0.352. The van der Waals surface area contributed by atoms with Crippen molar-refractivity contribution in [3.05, 3.63) is 52.8 Å². The fourth-order valence-electron chi connectivity index (χ4n) is 2.90. The zero-order valence-electron chi connectivity index (χ0n) is 17.4. The van der Waals surface area contributed by atoms with Crippen molar-refractivity contribution in [2.75, 3.05) is 26.2 Å². The third-order valence-electron chi connectivity index (χ3n) is 4.23. The van der Waals surface area contributed by atoms with Gasteiger partial charge < -0.3 is 16.0 Å². The van der Waals surface area contributed by atoms with Gasteiger partial charge in [-0.25, -0.2) is 0 Å². The second kappa shape index (κ2) is 11.1. The van der Waals surface area contributed by atoms with Gasteiger partial charge in [0.2, 0.25) is 0 Å². The van der Waals surface area contributed by atoms with E-state index in [9.17, 15) is 4.79 Å². The Bertz CT molecular complexity index is 796. The highest BCUT2D eigenvalue weighted by molar-refractivity contribution is 5.94. The van der Waals surface area contributed by atoms with E-state index in [1.165, 1.54) is 5.69 Å². The van der Waals surface area contributed by atoms with Crippen LogP contribution >= 0.6 is 0 Å². The van der Waals surface area contributed by atoms with Crippen molar-refractivity contribution in [2.45, 2.75) is 40.7 Å². The molecule has 0 aliphatic heterocycles. The molecular weight excluding hydrogens is 352 g/mol. The second-order valence-electron chi connectivity index (χ2n) is 6.82. The summed E-state index contributed by atoms with van der Waals surface area (Å²) in [5.41, 5.74) is 3.98. The molecule has 1 aromatic heterocycles. The Hall–Kier alpha value is -2.83. The maximum absolute atomic E-state index is 12.1. The maximum Gasteiger partial charge on any atom is 0.251 e. The minimum Gasteiger partial charge on any atom is -0.357 e. The van der Waals surface area contributed by atoms with E-state index in [1.54, 1.807) is 0 Å². The van der Waals surface area contributed by atoms with Crippen molar-refractivity contribution in [3.63, 3.8) is 0 Å². The highest BCUT2D eigenvalue weighted by Gasteiger charge is 2.05. The molecule has 2 aromatic rings. The van der Waals surface area contributed by atoms with Gasteiger partial charge in [-0.1, -0.05) is 17.7 Å². The molecule has 0 radical (unpaired) electrons. The fraction of sp³-hybridized carbons (Fsp3) is 0.476. The molecule has 1 heterocycles. The first-order valence-corrected chi connectivity index (χ1v) is 9.87. The number of hydrogen-bond acceptors (Lipinski definition) is 3. The molecule has 2 rings (SSSR count). The summed E-state index contributed by atoms with van der Waals surface area (Å²) in [6, 6.07) is 9.66. The minimum atomic E-state index is -0.0580. The van der Waals surface area contributed by atoms with Crippen LogP contribution in [-0.4, -0.2) is 47.8 Å². The summed E-state index contributed by atoms with van der Waals surface area (Å²) in [4.78, 5) is 16.7. The minimum absolute atomic E-state index is 0.0580. The zero-order valence-corrected chi connectivity index (χ0v) is 17.4. The smallest absolute Gasteiger partial charge is 0.251 e. The van der Waals surface area contributed by atoms with Crippen LogP contribution < -0.4 is 16.0 Å². The van der Waals surface area contributed by atoms with E-state index in [0.29, 0.717) is 25.2 Å². The number of aromatic nitrogens is 2. The van der Waals surface area contributed by atoms with Crippen LogP contribution in [-0.2, 0) is 6.54 Å². The summed E-state index contributed by atoms with van der Waals surface area (Å²) in [6.45, 7) is 11.6. The van der Waals surface area contributed by atoms with Crippen LogP contribution in [0.15, 0.2) is 35.3 Å². The Kier molecular flexibility index (Phi) is 8.52. The predicted octanol–water partition coefficient (Wildman–Crippen LogP) is 2.18. The van der Waals surface area contributed by atoms with Gasteiger partial charge in [-0.3, -0.25) is 14.5 Å². The van der Waals surface area contributed by atoms with Crippen LogP contribution in [0.25, 0.3) is 0 Å². The van der Waals surface area contributed by atoms with Crippen LogP contribution in [0.5, 0.6) is 0 Å². The number of amides is 1. The first-order valence-electron chi connectivity index (χ1n) is 9.87. The number of carbonyl (C=O) groups is 1. The van der Waals surface area contributed by atoms with Crippen LogP contribution in [0.4, 0.5) is 0 Å². The zero-order chi connectivity index (χ0) is 20.4. The van der Waals surface area contributed by atoms with Gasteiger partial charge in [0.05, 0.1) is 5.69 Å². The summed E-state index contributed by atoms with van der Waals surface area (Å²) < 4.78 is 2.02. The Morgan fingerprint density at radius 1 is 1.11 bits per heavy atom. The lowest BCUT2D eigenvalue weighted by molar-refractivity contribution is 0.0954. The van der Waals surface area contributed by atoms with Gasteiger partial charge in [-0.05, 0) is 52.3 Å². The Labute approximate surface area is 167 Å². The molecule has 0 atom stereocenters. The lowest BCUT2D eigenvalue weighted by Gasteiger charge is -2.12. The van der Waals surface area contributed by atoms with Crippen LogP contribution in [0.2, 0.25) is 0 Å². The number of aryl methyl sites for hydroxylation is 4. The molecule has 152 valence electrons. The van der Waals surface area contributed by atoms with Gasteiger partial charge in [-0.15, -0.1) is 0 Å². The third-order valence-corrected chi connectivity index (χ3v) is 4.23. The van der Waals surface area contributed by atoms with Crippen molar-refractivity contribution in [2.24, 2.45) is 4.99 Å². The SMILES string of the molecule is CCNC(=NCCCn1nc(C)cc1C)NCCNC(=O)c1cccc(C)c1. The molecule has 0 aliphatic rings. The van der Waals surface area contributed by atoms with E-state index in [4.69, 9.17) is 0 Å². The van der Waals surface area contributed by atoms with E-state index in [1.807, 2.05) is 49.7 Å². The number of nitrogens with one attached hydrogen (secondary N) is 3. The first kappa shape index (κ1) is 21.5. The Balaban J connectivity index is 1.71. The molecule has 0 fully saturated rings. The first-order chi connectivity index (χ1) is 13.5. The summed E-state index contributed by atoms with van der Waals surface area (Å²) in [5, 5.41) is 13.9. The molecular formula is C21H32N6O. The second-order valence-corrected chi connectivity index (χ2v) is 6.82. The summed E-state index contributed by atoms with van der Waals surface area (Å²) >= 11 is 0. The van der Waals surface area contributed by atoms with Gasteiger partial charge in [0.25, 0.3) is 5.91 Å². The monoisotopic (exact) mass is 384 g/mol. The number of aliphatic imine (C=N–C) groups is 1. The fourth-order valence-corrected chi connectivity index (χ4v) is 2.90. The van der Waals surface area contributed by atoms with Gasteiger partial charge in [0, 0.05) is 44.0 Å². The van der Waals surface area contributed by atoms with Gasteiger partial charge in [0.15, 0.2) is 5.96 Å². The van der Waals surface area contributed by atoms with E-state index >= 15 is 0 Å². The molecule has 0 saturated carbocycles. The van der Waals surface area contributed by atoms with Crippen LogP contribution in [0.3, 0.4) is 0 Å². The van der Waals surface area contributed by atoms with Crippen molar-refractivity contribution in [3.8, 4) is 0 Å². The molecule has 7 nitrogen and oxygen atoms in total. The van der Waals surface area contributed by atoms with E-state index in [2.05, 4.69) is 39.0 Å². The topological polar surface area (TPSA) is 83.3 Å². The maximum atomic E-state index is 12.1. The highest BCUT2D eigenvalue weighted by Crippen LogP contribution is 2.03. The largest absolute Gasteiger partial charge is 0.357 e. The highest BCUT2D eigenvalue weighted by atomic mass is 16.1. The molecule has 0 aliphatic carbocycles. The molecule has 7 heteroatoms. The number of guanidine groups is 1. The van der Waals surface area contributed by atoms with Crippen LogP contribution in [0.1, 0.15) is 40.7 Å². The van der Waals surface area contributed by atoms with Crippen LogP contribution in [0, 0.1) is 20.8 Å². The molecule has 0 saturated heterocycles. The number of rotatable bonds is 9. The molecule has 1 aromatic carbocycles. The number of benzene rings is 1. The molecule has 0 spiro atoms. The summed E-state index contributed by atoms with van der Waals surface area (Å²) in [6.07, 6.45) is 0.919. The van der Waals surface area contributed by atoms with E-state index < -0.39 is 0 Å². The molecule has 1 amide bonds. The van der Waals surface area contributed by atoms with Crippen molar-refractivity contribution < 1.29 is 4.79 Å². The number of nitrogens with zero attached hydrogens (tertiary/aromatic N) is 3. The Morgan fingerprint density at radius 2 is 1.89 bits per heavy atom. The average molecular weight is 385 g/mol. The summed E-state index contributed by atoms with van der Waals surface area (Å²) in [5.74, 6) is 0.706. The lowest BCUT2D eigenvalue weighted by Crippen LogP contribution is -2.41. The predicted molar refractivity (Wildman–Crippen MR) is 114 cm³/mol. The van der Waals surface area contributed by atoms with E-state index in [0.717, 1.165) is 36.7 Å². The van der Waals surface area contributed by atoms with Crippen molar-refractivity contribution in [1.82, 2.24) is 25.7 Å². The number of hydrogen-bond donors (Lipinski definition) is 3. The Morgan fingerprint density at radius 3 is 2.57 bits per heavy atom. The summed E-state index contributed by atoms with van der Waals surface area (Å²) in [7, 11) is 0. The average Bonchev–Trinajstić information content (AvgIpc) is 2.99. The third kappa shape index (κ3) is 7.06. The molecule has 0 unspecified atom stereocenters.